The normalized spacial score (nSPS) is 11.4. The molecule has 0 spiro atoms. The number of hydrogen-bond acceptors (Lipinski definition) is 3. The Morgan fingerprint density at radius 2 is 2.00 bits per heavy atom. The molecule has 0 saturated heterocycles. The van der Waals surface area contributed by atoms with Crippen LogP contribution in [0.15, 0.2) is 48.2 Å². The Balaban J connectivity index is 2.10. The highest BCUT2D eigenvalue weighted by Crippen LogP contribution is 2.25. The van der Waals surface area contributed by atoms with Crippen molar-refractivity contribution >= 4 is 22.9 Å². The molecule has 1 amide bonds. The van der Waals surface area contributed by atoms with Crippen molar-refractivity contribution in [3.8, 4) is 11.8 Å². The van der Waals surface area contributed by atoms with Gasteiger partial charge in [-0.05, 0) is 55.8 Å². The minimum absolute atomic E-state index is 0.123. The van der Waals surface area contributed by atoms with Crippen molar-refractivity contribution in [2.75, 3.05) is 14.1 Å². The van der Waals surface area contributed by atoms with E-state index in [-0.39, 0.29) is 11.5 Å². The Hall–Kier alpha value is -3.39. The van der Waals surface area contributed by atoms with Crippen molar-refractivity contribution in [2.45, 2.75) is 13.8 Å². The zero-order valence-electron chi connectivity index (χ0n) is 15.3. The number of nitrogens with zero attached hydrogens (tertiary/aromatic N) is 4. The standard InChI is InChI=1S/C21H20N4O/c1-14-10-17(11-18(13-22)21(26)24(3)4)15(2)25(14)19-7-8-20-16(12-19)6-5-9-23-20/h5-12H,1-4H3/b18-11-. The summed E-state index contributed by atoms with van der Waals surface area (Å²) in [6.45, 7) is 4.00. The predicted octanol–water partition coefficient (Wildman–Crippen LogP) is 3.64. The Bertz CT molecular complexity index is 1070. The van der Waals surface area contributed by atoms with Crippen molar-refractivity contribution in [3.63, 3.8) is 0 Å². The zero-order chi connectivity index (χ0) is 18.8. The number of amides is 1. The van der Waals surface area contributed by atoms with Gasteiger partial charge in [-0.3, -0.25) is 9.78 Å². The number of aromatic nitrogens is 2. The molecule has 5 nitrogen and oxygen atoms in total. The van der Waals surface area contributed by atoms with E-state index in [1.165, 1.54) is 4.90 Å². The molecule has 130 valence electrons. The smallest absolute Gasteiger partial charge is 0.264 e. The minimum Gasteiger partial charge on any atom is -0.344 e. The maximum absolute atomic E-state index is 12.1. The van der Waals surface area contributed by atoms with Gasteiger partial charge in [-0.15, -0.1) is 0 Å². The first kappa shape index (κ1) is 17.4. The van der Waals surface area contributed by atoms with Crippen LogP contribution in [0, 0.1) is 25.2 Å². The lowest BCUT2D eigenvalue weighted by molar-refractivity contribution is -0.124. The number of hydrogen-bond donors (Lipinski definition) is 0. The van der Waals surface area contributed by atoms with Crippen LogP contribution in [0.4, 0.5) is 0 Å². The molecule has 0 bridgehead atoms. The molecule has 0 atom stereocenters. The third-order valence-electron chi connectivity index (χ3n) is 4.37. The van der Waals surface area contributed by atoms with E-state index < -0.39 is 0 Å². The molecule has 1 aromatic carbocycles. The lowest BCUT2D eigenvalue weighted by Gasteiger charge is -2.11. The van der Waals surface area contributed by atoms with Gasteiger partial charge in [0.15, 0.2) is 0 Å². The average Bonchev–Trinajstić information content (AvgIpc) is 2.91. The fraction of sp³-hybridized carbons (Fsp3) is 0.190. The van der Waals surface area contributed by atoms with Crippen molar-refractivity contribution in [1.82, 2.24) is 14.5 Å². The summed E-state index contributed by atoms with van der Waals surface area (Å²) in [5, 5.41) is 10.4. The molecule has 0 N–H and O–H groups in total. The van der Waals surface area contributed by atoms with Gasteiger partial charge >= 0.3 is 0 Å². The number of benzene rings is 1. The Labute approximate surface area is 152 Å². The van der Waals surface area contributed by atoms with Crippen LogP contribution in [-0.4, -0.2) is 34.5 Å². The second-order valence-corrected chi connectivity index (χ2v) is 6.41. The minimum atomic E-state index is -0.297. The summed E-state index contributed by atoms with van der Waals surface area (Å²) in [5.74, 6) is -0.297. The number of nitriles is 1. The third-order valence-corrected chi connectivity index (χ3v) is 4.37. The van der Waals surface area contributed by atoms with Gasteiger partial charge in [0.25, 0.3) is 5.91 Å². The largest absolute Gasteiger partial charge is 0.344 e. The van der Waals surface area contributed by atoms with Crippen LogP contribution in [0.1, 0.15) is 17.0 Å². The summed E-state index contributed by atoms with van der Waals surface area (Å²) in [6, 6.07) is 14.1. The highest BCUT2D eigenvalue weighted by Gasteiger charge is 2.15. The van der Waals surface area contributed by atoms with Gasteiger partial charge in [0.2, 0.25) is 0 Å². The van der Waals surface area contributed by atoms with E-state index in [1.807, 2.05) is 50.2 Å². The monoisotopic (exact) mass is 344 g/mol. The number of aryl methyl sites for hydroxylation is 1. The summed E-state index contributed by atoms with van der Waals surface area (Å²) >= 11 is 0. The molecule has 2 heterocycles. The van der Waals surface area contributed by atoms with E-state index in [9.17, 15) is 10.1 Å². The van der Waals surface area contributed by atoms with Crippen LogP contribution in [0.3, 0.4) is 0 Å². The second-order valence-electron chi connectivity index (χ2n) is 6.41. The molecular formula is C21H20N4O. The molecule has 0 aliphatic heterocycles. The highest BCUT2D eigenvalue weighted by atomic mass is 16.2. The topological polar surface area (TPSA) is 61.9 Å². The molecule has 5 heteroatoms. The van der Waals surface area contributed by atoms with Gasteiger partial charge in [-0.25, -0.2) is 0 Å². The molecule has 3 rings (SSSR count). The van der Waals surface area contributed by atoms with E-state index >= 15 is 0 Å². The molecular weight excluding hydrogens is 324 g/mol. The number of likely N-dealkylation sites (N-methyl/N-ethyl adjacent to an activating group) is 1. The van der Waals surface area contributed by atoms with E-state index in [4.69, 9.17) is 0 Å². The Morgan fingerprint density at radius 3 is 2.69 bits per heavy atom. The fourth-order valence-corrected chi connectivity index (χ4v) is 3.07. The van der Waals surface area contributed by atoms with Crippen molar-refractivity contribution < 1.29 is 4.79 Å². The summed E-state index contributed by atoms with van der Waals surface area (Å²) < 4.78 is 2.12. The Kier molecular flexibility index (Phi) is 4.59. The van der Waals surface area contributed by atoms with Gasteiger partial charge in [0, 0.05) is 42.8 Å². The molecule has 2 aromatic heterocycles. The van der Waals surface area contributed by atoms with Gasteiger partial charge in [-0.2, -0.15) is 5.26 Å². The predicted molar refractivity (Wildman–Crippen MR) is 103 cm³/mol. The van der Waals surface area contributed by atoms with Gasteiger partial charge in [0.05, 0.1) is 5.52 Å². The lowest BCUT2D eigenvalue weighted by atomic mass is 10.1. The molecule has 0 fully saturated rings. The van der Waals surface area contributed by atoms with Gasteiger partial charge < -0.3 is 9.47 Å². The first-order valence-corrected chi connectivity index (χ1v) is 8.30. The quantitative estimate of drug-likeness (QED) is 0.538. The van der Waals surface area contributed by atoms with Crippen molar-refractivity contribution in [1.29, 1.82) is 5.26 Å². The molecule has 26 heavy (non-hydrogen) atoms. The highest BCUT2D eigenvalue weighted by molar-refractivity contribution is 6.01. The molecule has 0 saturated carbocycles. The summed E-state index contributed by atoms with van der Waals surface area (Å²) in [5.41, 5.74) is 4.97. The Morgan fingerprint density at radius 1 is 1.23 bits per heavy atom. The number of carbonyl (C=O) groups is 1. The maximum Gasteiger partial charge on any atom is 0.264 e. The first-order chi connectivity index (χ1) is 12.4. The number of fused-ring (bicyclic) bond motifs is 1. The first-order valence-electron chi connectivity index (χ1n) is 8.30. The zero-order valence-corrected chi connectivity index (χ0v) is 15.3. The van der Waals surface area contributed by atoms with Crippen molar-refractivity contribution in [2.24, 2.45) is 0 Å². The van der Waals surface area contributed by atoms with E-state index in [1.54, 1.807) is 26.4 Å². The number of pyridine rings is 1. The molecule has 0 aliphatic carbocycles. The molecule has 3 aromatic rings. The lowest BCUT2D eigenvalue weighted by Crippen LogP contribution is -2.22. The summed E-state index contributed by atoms with van der Waals surface area (Å²) in [4.78, 5) is 17.9. The molecule has 0 aliphatic rings. The summed E-state index contributed by atoms with van der Waals surface area (Å²) in [7, 11) is 3.28. The fourth-order valence-electron chi connectivity index (χ4n) is 3.07. The third kappa shape index (κ3) is 3.09. The number of carbonyl (C=O) groups excluding carboxylic acids is 1. The van der Waals surface area contributed by atoms with Crippen LogP contribution in [0.5, 0.6) is 0 Å². The van der Waals surface area contributed by atoms with Crippen LogP contribution in [0.25, 0.3) is 22.7 Å². The van der Waals surface area contributed by atoms with Crippen LogP contribution in [-0.2, 0) is 4.79 Å². The molecule has 0 radical (unpaired) electrons. The molecule has 0 unspecified atom stereocenters. The van der Waals surface area contributed by atoms with E-state index in [2.05, 4.69) is 15.6 Å². The second kappa shape index (κ2) is 6.85. The van der Waals surface area contributed by atoms with Gasteiger partial charge in [0.1, 0.15) is 11.6 Å². The summed E-state index contributed by atoms with van der Waals surface area (Å²) in [6.07, 6.45) is 3.44. The van der Waals surface area contributed by atoms with Crippen molar-refractivity contribution in [3.05, 3.63) is 65.1 Å². The van der Waals surface area contributed by atoms with Crippen LogP contribution in [0.2, 0.25) is 0 Å². The van der Waals surface area contributed by atoms with Gasteiger partial charge in [-0.1, -0.05) is 6.07 Å². The SMILES string of the molecule is Cc1cc(/C=C(/C#N)C(=O)N(C)C)c(C)n1-c1ccc2ncccc2c1. The average molecular weight is 344 g/mol. The van der Waals surface area contributed by atoms with Crippen LogP contribution >= 0.6 is 0 Å². The van der Waals surface area contributed by atoms with Crippen LogP contribution < -0.4 is 0 Å². The van der Waals surface area contributed by atoms with E-state index in [0.717, 1.165) is 33.5 Å². The van der Waals surface area contributed by atoms with E-state index in [0.29, 0.717) is 0 Å². The maximum atomic E-state index is 12.1. The number of rotatable bonds is 3.